The Bertz CT molecular complexity index is 480. The first-order valence-corrected chi connectivity index (χ1v) is 7.40. The number of anilines is 1. The number of hydrogen-bond donors (Lipinski definition) is 1. The Hall–Kier alpha value is -0.840. The summed E-state index contributed by atoms with van der Waals surface area (Å²) < 4.78 is 2.04. The molecule has 1 heterocycles. The summed E-state index contributed by atoms with van der Waals surface area (Å²) in [7, 11) is 0. The van der Waals surface area contributed by atoms with Gasteiger partial charge in [0.25, 0.3) is 5.56 Å². The maximum Gasteiger partial charge on any atom is 0.283 e. The predicted molar refractivity (Wildman–Crippen MR) is 76.9 cm³/mol. The average Bonchev–Trinajstić information content (AvgIpc) is 3.12. The van der Waals surface area contributed by atoms with Gasteiger partial charge in [-0.2, -0.15) is 5.10 Å². The number of nitrogens with one attached hydrogen (secondary N) is 1. The van der Waals surface area contributed by atoms with Crippen LogP contribution in [0.3, 0.4) is 0 Å². The molecule has 0 bridgehead atoms. The van der Waals surface area contributed by atoms with E-state index in [-0.39, 0.29) is 5.56 Å². The van der Waals surface area contributed by atoms with Crippen LogP contribution in [0.25, 0.3) is 0 Å². The Morgan fingerprint density at radius 3 is 2.78 bits per heavy atom. The van der Waals surface area contributed by atoms with Gasteiger partial charge >= 0.3 is 0 Å². The minimum absolute atomic E-state index is 0.0668. The predicted octanol–water partition coefficient (Wildman–Crippen LogP) is 3.02. The van der Waals surface area contributed by atoms with Crippen LogP contribution in [-0.2, 0) is 6.54 Å². The van der Waals surface area contributed by atoms with Crippen molar-refractivity contribution in [3.05, 3.63) is 21.0 Å². The van der Waals surface area contributed by atoms with Crippen LogP contribution in [0.4, 0.5) is 5.69 Å². The van der Waals surface area contributed by atoms with Crippen molar-refractivity contribution >= 4 is 21.6 Å². The summed E-state index contributed by atoms with van der Waals surface area (Å²) in [4.78, 5) is 11.9. The topological polar surface area (TPSA) is 46.9 Å². The molecule has 1 aliphatic carbocycles. The largest absolute Gasteiger partial charge is 0.382 e. The second kappa shape index (κ2) is 5.43. The maximum absolute atomic E-state index is 11.9. The molecule has 1 fully saturated rings. The number of rotatable bonds is 6. The zero-order valence-electron chi connectivity index (χ0n) is 11.0. The van der Waals surface area contributed by atoms with Gasteiger partial charge in [-0.3, -0.25) is 4.79 Å². The number of hydrogen-bond acceptors (Lipinski definition) is 3. The first kappa shape index (κ1) is 13.6. The lowest BCUT2D eigenvalue weighted by Crippen LogP contribution is -2.25. The summed E-state index contributed by atoms with van der Waals surface area (Å²) in [5.74, 6) is 0. The van der Waals surface area contributed by atoms with Crippen molar-refractivity contribution in [3.8, 4) is 0 Å². The molecule has 0 unspecified atom stereocenters. The molecule has 1 aromatic heterocycles. The van der Waals surface area contributed by atoms with Crippen molar-refractivity contribution in [2.24, 2.45) is 5.41 Å². The highest BCUT2D eigenvalue weighted by atomic mass is 79.9. The van der Waals surface area contributed by atoms with Crippen LogP contribution in [0.15, 0.2) is 15.5 Å². The Balaban J connectivity index is 2.06. The molecule has 0 aliphatic heterocycles. The van der Waals surface area contributed by atoms with E-state index >= 15 is 0 Å². The van der Waals surface area contributed by atoms with E-state index in [0.29, 0.717) is 16.4 Å². The van der Waals surface area contributed by atoms with E-state index in [9.17, 15) is 4.79 Å². The molecule has 0 amide bonds. The standard InChI is InChI=1S/C13H20BrN3O/c1-3-5-13(6-7-13)9-15-10-8-16-17(4-2)12(18)11(10)14/h8,15H,3-7,9H2,1-2H3. The second-order valence-corrected chi connectivity index (χ2v) is 5.89. The van der Waals surface area contributed by atoms with E-state index < -0.39 is 0 Å². The summed E-state index contributed by atoms with van der Waals surface area (Å²) in [5.41, 5.74) is 1.21. The summed E-state index contributed by atoms with van der Waals surface area (Å²) in [5, 5.41) is 7.51. The summed E-state index contributed by atoms with van der Waals surface area (Å²) in [6, 6.07) is 0. The molecular weight excluding hydrogens is 294 g/mol. The van der Waals surface area contributed by atoms with Crippen molar-refractivity contribution in [3.63, 3.8) is 0 Å². The number of halogens is 1. The summed E-state index contributed by atoms with van der Waals surface area (Å²) in [6.45, 7) is 5.67. The smallest absolute Gasteiger partial charge is 0.283 e. The normalized spacial score (nSPS) is 16.6. The molecule has 0 radical (unpaired) electrons. The fourth-order valence-electron chi connectivity index (χ4n) is 2.32. The van der Waals surface area contributed by atoms with Gasteiger partial charge in [0.2, 0.25) is 0 Å². The van der Waals surface area contributed by atoms with E-state index in [1.54, 1.807) is 6.20 Å². The number of nitrogens with zero attached hydrogens (tertiary/aromatic N) is 2. The Kier molecular flexibility index (Phi) is 4.10. The first-order valence-electron chi connectivity index (χ1n) is 6.61. The van der Waals surface area contributed by atoms with Crippen LogP contribution < -0.4 is 10.9 Å². The van der Waals surface area contributed by atoms with Gasteiger partial charge in [-0.1, -0.05) is 13.3 Å². The SMILES string of the molecule is CCCC1(CNc2cnn(CC)c(=O)c2Br)CC1. The maximum atomic E-state index is 11.9. The quantitative estimate of drug-likeness (QED) is 0.878. The summed E-state index contributed by atoms with van der Waals surface area (Å²) >= 11 is 3.36. The molecule has 1 aliphatic rings. The van der Waals surface area contributed by atoms with Gasteiger partial charge in [0.15, 0.2) is 0 Å². The first-order chi connectivity index (χ1) is 8.62. The number of aromatic nitrogens is 2. The minimum atomic E-state index is -0.0668. The van der Waals surface area contributed by atoms with Crippen molar-refractivity contribution in [1.82, 2.24) is 9.78 Å². The third-order valence-electron chi connectivity index (χ3n) is 3.68. The molecule has 100 valence electrons. The van der Waals surface area contributed by atoms with E-state index in [4.69, 9.17) is 0 Å². The van der Waals surface area contributed by atoms with Crippen molar-refractivity contribution in [1.29, 1.82) is 0 Å². The van der Waals surface area contributed by atoms with E-state index in [0.717, 1.165) is 12.2 Å². The molecule has 1 aromatic rings. The molecule has 1 saturated carbocycles. The molecule has 5 heteroatoms. The van der Waals surface area contributed by atoms with Crippen LogP contribution in [0.1, 0.15) is 39.5 Å². The van der Waals surface area contributed by atoms with Crippen LogP contribution in [0, 0.1) is 5.41 Å². The van der Waals surface area contributed by atoms with Gasteiger partial charge in [-0.05, 0) is 47.5 Å². The number of aryl methyl sites for hydroxylation is 1. The molecular formula is C13H20BrN3O. The third kappa shape index (κ3) is 2.76. The molecule has 0 spiro atoms. The molecule has 18 heavy (non-hydrogen) atoms. The highest BCUT2D eigenvalue weighted by Gasteiger charge is 2.41. The highest BCUT2D eigenvalue weighted by Crippen LogP contribution is 2.49. The Morgan fingerprint density at radius 2 is 2.22 bits per heavy atom. The van der Waals surface area contributed by atoms with E-state index in [1.807, 2.05) is 6.92 Å². The van der Waals surface area contributed by atoms with Crippen LogP contribution in [-0.4, -0.2) is 16.3 Å². The van der Waals surface area contributed by atoms with E-state index in [2.05, 4.69) is 33.3 Å². The lowest BCUT2D eigenvalue weighted by molar-refractivity contribution is 0.485. The molecule has 2 rings (SSSR count). The Labute approximate surface area is 116 Å². The highest BCUT2D eigenvalue weighted by molar-refractivity contribution is 9.10. The van der Waals surface area contributed by atoms with Crippen LogP contribution in [0.2, 0.25) is 0 Å². The lowest BCUT2D eigenvalue weighted by Gasteiger charge is -2.16. The average molecular weight is 314 g/mol. The van der Waals surface area contributed by atoms with Gasteiger partial charge in [-0.15, -0.1) is 0 Å². The fourth-order valence-corrected chi connectivity index (χ4v) is 2.77. The third-order valence-corrected chi connectivity index (χ3v) is 4.44. The van der Waals surface area contributed by atoms with Gasteiger partial charge < -0.3 is 5.32 Å². The molecule has 0 atom stereocenters. The molecule has 1 N–H and O–H groups in total. The second-order valence-electron chi connectivity index (χ2n) is 5.10. The van der Waals surface area contributed by atoms with Crippen molar-refractivity contribution < 1.29 is 0 Å². The zero-order chi connectivity index (χ0) is 13.2. The lowest BCUT2D eigenvalue weighted by atomic mass is 10.0. The minimum Gasteiger partial charge on any atom is -0.382 e. The zero-order valence-corrected chi connectivity index (χ0v) is 12.6. The van der Waals surface area contributed by atoms with Gasteiger partial charge in [0.1, 0.15) is 4.47 Å². The van der Waals surface area contributed by atoms with Crippen molar-refractivity contribution in [2.75, 3.05) is 11.9 Å². The molecule has 0 saturated heterocycles. The van der Waals surface area contributed by atoms with Crippen LogP contribution in [0.5, 0.6) is 0 Å². The Morgan fingerprint density at radius 1 is 1.50 bits per heavy atom. The van der Waals surface area contributed by atoms with Gasteiger partial charge in [-0.25, -0.2) is 4.68 Å². The molecule has 4 nitrogen and oxygen atoms in total. The summed E-state index contributed by atoms with van der Waals surface area (Å²) in [6.07, 6.45) is 6.81. The fraction of sp³-hybridized carbons (Fsp3) is 0.692. The van der Waals surface area contributed by atoms with Gasteiger partial charge in [0.05, 0.1) is 11.9 Å². The monoisotopic (exact) mass is 313 g/mol. The van der Waals surface area contributed by atoms with Gasteiger partial charge in [0, 0.05) is 13.1 Å². The van der Waals surface area contributed by atoms with Crippen LogP contribution >= 0.6 is 15.9 Å². The van der Waals surface area contributed by atoms with E-state index in [1.165, 1.54) is 30.4 Å². The molecule has 0 aromatic carbocycles. The van der Waals surface area contributed by atoms with Crippen molar-refractivity contribution in [2.45, 2.75) is 46.1 Å².